The monoisotopic (exact) mass is 139 g/mol. The van der Waals surface area contributed by atoms with Crippen molar-refractivity contribution in [3.8, 4) is 0 Å². The Balaban J connectivity index is 3.38. The molecule has 0 aliphatic carbocycles. The van der Waals surface area contributed by atoms with Crippen LogP contribution >= 0.6 is 0 Å². The molecule has 0 spiro atoms. The van der Waals surface area contributed by atoms with E-state index in [0.29, 0.717) is 6.04 Å². The summed E-state index contributed by atoms with van der Waals surface area (Å²) < 4.78 is 0. The summed E-state index contributed by atoms with van der Waals surface area (Å²) in [5.41, 5.74) is 0. The van der Waals surface area contributed by atoms with Gasteiger partial charge in [-0.15, -0.1) is 13.2 Å². The quantitative estimate of drug-likeness (QED) is 0.556. The molecular formula is C9H17N. The standard InChI is InChI=1S/C9H17N/c1-4-6-8-9(10-3)7-5-2/h4-5,9-10H,1-2,6-8H2,3H3. The van der Waals surface area contributed by atoms with Gasteiger partial charge in [0.1, 0.15) is 0 Å². The Morgan fingerprint density at radius 1 is 1.40 bits per heavy atom. The van der Waals surface area contributed by atoms with Crippen LogP contribution in [0.1, 0.15) is 19.3 Å². The molecular weight excluding hydrogens is 122 g/mol. The van der Waals surface area contributed by atoms with Gasteiger partial charge in [0.25, 0.3) is 0 Å². The molecule has 1 heteroatoms. The normalized spacial score (nSPS) is 12.5. The van der Waals surface area contributed by atoms with Crippen molar-refractivity contribution in [1.82, 2.24) is 5.32 Å². The van der Waals surface area contributed by atoms with Crippen molar-refractivity contribution < 1.29 is 0 Å². The van der Waals surface area contributed by atoms with Crippen molar-refractivity contribution in [1.29, 1.82) is 0 Å². The van der Waals surface area contributed by atoms with Crippen LogP contribution in [-0.4, -0.2) is 13.1 Å². The highest BCUT2D eigenvalue weighted by molar-refractivity contribution is 4.79. The second-order valence-corrected chi connectivity index (χ2v) is 2.38. The molecule has 0 amide bonds. The highest BCUT2D eigenvalue weighted by atomic mass is 14.9. The van der Waals surface area contributed by atoms with E-state index in [2.05, 4.69) is 18.5 Å². The highest BCUT2D eigenvalue weighted by Crippen LogP contribution is 2.01. The number of allylic oxidation sites excluding steroid dienone is 1. The minimum Gasteiger partial charge on any atom is -0.317 e. The maximum Gasteiger partial charge on any atom is 0.0101 e. The van der Waals surface area contributed by atoms with Crippen LogP contribution < -0.4 is 5.32 Å². The Kier molecular flexibility index (Phi) is 6.19. The first kappa shape index (κ1) is 9.44. The van der Waals surface area contributed by atoms with Crippen LogP contribution in [0.25, 0.3) is 0 Å². The van der Waals surface area contributed by atoms with Gasteiger partial charge in [-0.1, -0.05) is 12.2 Å². The van der Waals surface area contributed by atoms with Gasteiger partial charge in [-0.2, -0.15) is 0 Å². The molecule has 0 aromatic carbocycles. The van der Waals surface area contributed by atoms with Crippen molar-refractivity contribution in [2.45, 2.75) is 25.3 Å². The van der Waals surface area contributed by atoms with Gasteiger partial charge in [-0.05, 0) is 26.3 Å². The molecule has 0 saturated heterocycles. The molecule has 1 atom stereocenters. The van der Waals surface area contributed by atoms with E-state index in [1.54, 1.807) is 0 Å². The molecule has 0 heterocycles. The van der Waals surface area contributed by atoms with Crippen molar-refractivity contribution >= 4 is 0 Å². The smallest absolute Gasteiger partial charge is 0.0101 e. The van der Waals surface area contributed by atoms with Gasteiger partial charge >= 0.3 is 0 Å². The predicted octanol–water partition coefficient (Wildman–Crippen LogP) is 2.12. The highest BCUT2D eigenvalue weighted by Gasteiger charge is 1.99. The van der Waals surface area contributed by atoms with E-state index in [-0.39, 0.29) is 0 Å². The fraction of sp³-hybridized carbons (Fsp3) is 0.556. The molecule has 0 saturated carbocycles. The molecule has 1 unspecified atom stereocenters. The SMILES string of the molecule is C=CCCC(CC=C)NC. The molecule has 0 aromatic heterocycles. The molecule has 0 radical (unpaired) electrons. The molecule has 1 nitrogen and oxygen atoms in total. The first-order valence-electron chi connectivity index (χ1n) is 3.74. The average molecular weight is 139 g/mol. The first-order valence-corrected chi connectivity index (χ1v) is 3.74. The van der Waals surface area contributed by atoms with Crippen LogP contribution in [0, 0.1) is 0 Å². The maximum absolute atomic E-state index is 3.69. The summed E-state index contributed by atoms with van der Waals surface area (Å²) in [6, 6.07) is 0.579. The van der Waals surface area contributed by atoms with Gasteiger partial charge in [0.05, 0.1) is 0 Å². The van der Waals surface area contributed by atoms with E-state index in [0.717, 1.165) is 19.3 Å². The minimum atomic E-state index is 0.579. The van der Waals surface area contributed by atoms with Gasteiger partial charge in [-0.3, -0.25) is 0 Å². The van der Waals surface area contributed by atoms with Gasteiger partial charge in [-0.25, -0.2) is 0 Å². The first-order chi connectivity index (χ1) is 4.85. The van der Waals surface area contributed by atoms with E-state index < -0.39 is 0 Å². The number of rotatable bonds is 6. The lowest BCUT2D eigenvalue weighted by Gasteiger charge is -2.11. The van der Waals surface area contributed by atoms with E-state index in [1.807, 2.05) is 19.2 Å². The molecule has 1 N–H and O–H groups in total. The molecule has 0 aromatic rings. The summed E-state index contributed by atoms with van der Waals surface area (Å²) in [5, 5.41) is 3.22. The van der Waals surface area contributed by atoms with E-state index in [4.69, 9.17) is 0 Å². The van der Waals surface area contributed by atoms with Gasteiger partial charge in [0.15, 0.2) is 0 Å². The lowest BCUT2D eigenvalue weighted by Crippen LogP contribution is -2.23. The van der Waals surface area contributed by atoms with Crippen molar-refractivity contribution in [2.75, 3.05) is 7.05 Å². The Hall–Kier alpha value is -0.560. The lowest BCUT2D eigenvalue weighted by molar-refractivity contribution is 0.533. The summed E-state index contributed by atoms with van der Waals surface area (Å²) >= 11 is 0. The zero-order valence-electron chi connectivity index (χ0n) is 6.77. The van der Waals surface area contributed by atoms with E-state index >= 15 is 0 Å². The number of nitrogens with one attached hydrogen (secondary N) is 1. The summed E-state index contributed by atoms with van der Waals surface area (Å²) in [7, 11) is 1.98. The van der Waals surface area contributed by atoms with Crippen molar-refractivity contribution in [3.05, 3.63) is 25.3 Å². The summed E-state index contributed by atoms with van der Waals surface area (Å²) in [6.07, 6.45) is 7.19. The van der Waals surface area contributed by atoms with Crippen LogP contribution in [0.4, 0.5) is 0 Å². The van der Waals surface area contributed by atoms with Crippen molar-refractivity contribution in [3.63, 3.8) is 0 Å². The third-order valence-electron chi connectivity index (χ3n) is 1.58. The molecule has 0 aliphatic rings. The Morgan fingerprint density at radius 3 is 2.50 bits per heavy atom. The van der Waals surface area contributed by atoms with Crippen LogP contribution in [0.15, 0.2) is 25.3 Å². The molecule has 0 bridgehead atoms. The van der Waals surface area contributed by atoms with Crippen LogP contribution in [0.5, 0.6) is 0 Å². The number of hydrogen-bond acceptors (Lipinski definition) is 1. The number of hydrogen-bond donors (Lipinski definition) is 1. The topological polar surface area (TPSA) is 12.0 Å². The van der Waals surface area contributed by atoms with E-state index in [9.17, 15) is 0 Å². The minimum absolute atomic E-state index is 0.579. The summed E-state index contributed by atoms with van der Waals surface area (Å²) in [6.45, 7) is 7.36. The third kappa shape index (κ3) is 4.33. The fourth-order valence-corrected chi connectivity index (χ4v) is 0.900. The summed E-state index contributed by atoms with van der Waals surface area (Å²) in [4.78, 5) is 0. The zero-order chi connectivity index (χ0) is 7.82. The maximum atomic E-state index is 3.69. The largest absolute Gasteiger partial charge is 0.317 e. The Labute approximate surface area is 63.8 Å². The third-order valence-corrected chi connectivity index (χ3v) is 1.58. The molecule has 0 aliphatic heterocycles. The molecule has 10 heavy (non-hydrogen) atoms. The predicted molar refractivity (Wildman–Crippen MR) is 47.1 cm³/mol. The van der Waals surface area contributed by atoms with Crippen LogP contribution in [-0.2, 0) is 0 Å². The molecule has 0 rings (SSSR count). The zero-order valence-corrected chi connectivity index (χ0v) is 6.77. The van der Waals surface area contributed by atoms with Gasteiger partial charge in [0.2, 0.25) is 0 Å². The van der Waals surface area contributed by atoms with E-state index in [1.165, 1.54) is 0 Å². The molecule has 58 valence electrons. The molecule has 0 fully saturated rings. The van der Waals surface area contributed by atoms with Gasteiger partial charge in [0, 0.05) is 6.04 Å². The summed E-state index contributed by atoms with van der Waals surface area (Å²) in [5.74, 6) is 0. The second kappa shape index (κ2) is 6.56. The second-order valence-electron chi connectivity index (χ2n) is 2.38. The van der Waals surface area contributed by atoms with Crippen LogP contribution in [0.2, 0.25) is 0 Å². The Bertz CT molecular complexity index is 96.9. The van der Waals surface area contributed by atoms with Crippen LogP contribution in [0.3, 0.4) is 0 Å². The van der Waals surface area contributed by atoms with Crippen molar-refractivity contribution in [2.24, 2.45) is 0 Å². The average Bonchev–Trinajstić information content (AvgIpc) is 1.98. The fourth-order valence-electron chi connectivity index (χ4n) is 0.900. The lowest BCUT2D eigenvalue weighted by atomic mass is 10.1. The van der Waals surface area contributed by atoms with Gasteiger partial charge < -0.3 is 5.32 Å². The Morgan fingerprint density at radius 2 is 2.10 bits per heavy atom.